The van der Waals surface area contributed by atoms with Crippen molar-refractivity contribution in [3.05, 3.63) is 81.0 Å². The molecule has 0 aliphatic carbocycles. The van der Waals surface area contributed by atoms with E-state index in [1.165, 1.54) is 17.0 Å². The number of carbonyl (C=O) groups excluding carboxylic acids is 1. The van der Waals surface area contributed by atoms with E-state index in [9.17, 15) is 14.0 Å². The minimum absolute atomic E-state index is 0.0967. The molecule has 1 aromatic heterocycles. The van der Waals surface area contributed by atoms with Gasteiger partial charge in [-0.1, -0.05) is 23.8 Å². The van der Waals surface area contributed by atoms with Crippen LogP contribution in [0.3, 0.4) is 0 Å². The summed E-state index contributed by atoms with van der Waals surface area (Å²) in [5.74, 6) is -0.549. The van der Waals surface area contributed by atoms with Crippen LogP contribution in [-0.2, 0) is 4.74 Å². The molecule has 32 heavy (non-hydrogen) atoms. The first-order valence-electron chi connectivity index (χ1n) is 11.1. The van der Waals surface area contributed by atoms with Gasteiger partial charge in [-0.05, 0) is 36.8 Å². The lowest BCUT2D eigenvalue weighted by molar-refractivity contribution is -0.908. The molecule has 1 atom stereocenters. The summed E-state index contributed by atoms with van der Waals surface area (Å²) in [6.07, 6.45) is 0.791. The fraction of sp³-hybridized carbons (Fsp3) is 0.360. The molecule has 0 spiro atoms. The van der Waals surface area contributed by atoms with Crippen molar-refractivity contribution in [2.75, 3.05) is 39.4 Å². The average Bonchev–Trinajstić information content (AvgIpc) is 3.08. The Morgan fingerprint density at radius 2 is 1.84 bits per heavy atom. The number of rotatable bonds is 5. The largest absolute Gasteiger partial charge is 0.450 e. The molecular weight excluding hydrogens is 411 g/mol. The molecular formula is C25H26FN2O4+. The van der Waals surface area contributed by atoms with E-state index < -0.39 is 6.04 Å². The third-order valence-corrected chi connectivity index (χ3v) is 6.44. The number of morpholine rings is 1. The van der Waals surface area contributed by atoms with E-state index in [-0.39, 0.29) is 22.9 Å². The van der Waals surface area contributed by atoms with Crippen molar-refractivity contribution in [2.45, 2.75) is 19.4 Å². The molecule has 7 heteroatoms. The van der Waals surface area contributed by atoms with Crippen LogP contribution in [0, 0.1) is 12.7 Å². The summed E-state index contributed by atoms with van der Waals surface area (Å²) in [7, 11) is 0. The van der Waals surface area contributed by atoms with Crippen LogP contribution in [-0.4, -0.2) is 50.2 Å². The van der Waals surface area contributed by atoms with Crippen LogP contribution in [0.5, 0.6) is 0 Å². The quantitative estimate of drug-likeness (QED) is 0.664. The minimum Gasteiger partial charge on any atom is -0.450 e. The molecule has 6 nitrogen and oxygen atoms in total. The summed E-state index contributed by atoms with van der Waals surface area (Å²) in [5.41, 5.74) is 2.20. The van der Waals surface area contributed by atoms with Gasteiger partial charge in [0.1, 0.15) is 24.5 Å². The fourth-order valence-corrected chi connectivity index (χ4v) is 4.77. The van der Waals surface area contributed by atoms with Gasteiger partial charge in [-0.2, -0.15) is 0 Å². The second-order valence-electron chi connectivity index (χ2n) is 8.59. The number of amides is 1. The monoisotopic (exact) mass is 437 g/mol. The van der Waals surface area contributed by atoms with Crippen molar-refractivity contribution in [3.63, 3.8) is 0 Å². The van der Waals surface area contributed by atoms with E-state index in [1.807, 2.05) is 13.0 Å². The predicted molar refractivity (Wildman–Crippen MR) is 118 cm³/mol. The Morgan fingerprint density at radius 3 is 2.59 bits per heavy atom. The highest BCUT2D eigenvalue weighted by Gasteiger charge is 2.42. The Kier molecular flexibility index (Phi) is 5.53. The molecule has 2 aliphatic heterocycles. The van der Waals surface area contributed by atoms with Crippen molar-refractivity contribution in [1.29, 1.82) is 0 Å². The Labute approximate surface area is 185 Å². The van der Waals surface area contributed by atoms with Crippen molar-refractivity contribution >= 4 is 16.9 Å². The van der Waals surface area contributed by atoms with Crippen LogP contribution in [0.2, 0.25) is 0 Å². The van der Waals surface area contributed by atoms with E-state index in [0.717, 1.165) is 44.8 Å². The van der Waals surface area contributed by atoms with Crippen LogP contribution in [0.4, 0.5) is 4.39 Å². The second-order valence-corrected chi connectivity index (χ2v) is 8.59. The van der Waals surface area contributed by atoms with Crippen molar-refractivity contribution in [3.8, 4) is 0 Å². The highest BCUT2D eigenvalue weighted by atomic mass is 19.1. The predicted octanol–water partition coefficient (Wildman–Crippen LogP) is 2.09. The van der Waals surface area contributed by atoms with Gasteiger partial charge in [-0.15, -0.1) is 0 Å². The summed E-state index contributed by atoms with van der Waals surface area (Å²) in [4.78, 5) is 30.0. The normalized spacial score (nSPS) is 19.0. The molecule has 3 aromatic rings. The summed E-state index contributed by atoms with van der Waals surface area (Å²) < 4.78 is 25.0. The lowest BCUT2D eigenvalue weighted by atomic mass is 9.98. The van der Waals surface area contributed by atoms with Gasteiger partial charge in [-0.3, -0.25) is 9.59 Å². The number of hydrogen-bond acceptors (Lipinski definition) is 4. The van der Waals surface area contributed by atoms with Crippen LogP contribution in [0.15, 0.2) is 51.7 Å². The zero-order valence-corrected chi connectivity index (χ0v) is 18.0. The van der Waals surface area contributed by atoms with Crippen LogP contribution < -0.4 is 10.3 Å². The molecule has 1 N–H and O–H groups in total. The van der Waals surface area contributed by atoms with E-state index >= 15 is 0 Å². The maximum atomic E-state index is 13.6. The van der Waals surface area contributed by atoms with Gasteiger partial charge in [0, 0.05) is 13.0 Å². The molecule has 1 amide bonds. The second kappa shape index (κ2) is 8.48. The Bertz CT molecular complexity index is 1220. The summed E-state index contributed by atoms with van der Waals surface area (Å²) in [6, 6.07) is 10.8. The lowest BCUT2D eigenvalue weighted by Crippen LogP contribution is -3.14. The summed E-state index contributed by atoms with van der Waals surface area (Å²) in [5, 5.41) is 0.461. The minimum atomic E-state index is -0.584. The first kappa shape index (κ1) is 20.8. The van der Waals surface area contributed by atoms with E-state index in [4.69, 9.17) is 9.15 Å². The van der Waals surface area contributed by atoms with Gasteiger partial charge < -0.3 is 19.0 Å². The lowest BCUT2D eigenvalue weighted by Gasteiger charge is -2.27. The number of quaternary nitrogens is 1. The van der Waals surface area contributed by atoms with Gasteiger partial charge in [0.2, 0.25) is 5.76 Å². The van der Waals surface area contributed by atoms with E-state index in [0.29, 0.717) is 28.6 Å². The highest BCUT2D eigenvalue weighted by Crippen LogP contribution is 2.38. The number of ether oxygens (including phenoxy) is 1. The maximum Gasteiger partial charge on any atom is 0.290 e. The summed E-state index contributed by atoms with van der Waals surface area (Å²) >= 11 is 0. The molecule has 5 rings (SSSR count). The number of benzene rings is 2. The van der Waals surface area contributed by atoms with Crippen LogP contribution >= 0.6 is 0 Å². The topological polar surface area (TPSA) is 64.2 Å². The van der Waals surface area contributed by atoms with Gasteiger partial charge in [-0.25, -0.2) is 4.39 Å². The van der Waals surface area contributed by atoms with E-state index in [2.05, 4.69) is 0 Å². The molecule has 3 heterocycles. The van der Waals surface area contributed by atoms with Crippen molar-refractivity contribution in [1.82, 2.24) is 4.90 Å². The maximum absolute atomic E-state index is 13.6. The first-order chi connectivity index (χ1) is 15.5. The third-order valence-electron chi connectivity index (χ3n) is 6.44. The Morgan fingerprint density at radius 1 is 1.09 bits per heavy atom. The van der Waals surface area contributed by atoms with Crippen LogP contribution in [0.25, 0.3) is 11.0 Å². The van der Waals surface area contributed by atoms with Crippen molar-refractivity contribution in [2.24, 2.45) is 0 Å². The number of nitrogens with one attached hydrogen (secondary N) is 1. The van der Waals surface area contributed by atoms with Gasteiger partial charge in [0.25, 0.3) is 5.91 Å². The molecule has 2 aliphatic rings. The van der Waals surface area contributed by atoms with Gasteiger partial charge in [0.15, 0.2) is 5.43 Å². The molecule has 1 fully saturated rings. The van der Waals surface area contributed by atoms with Gasteiger partial charge in [0.05, 0.1) is 36.8 Å². The molecule has 0 saturated carbocycles. The Balaban J connectivity index is 1.53. The smallest absolute Gasteiger partial charge is 0.290 e. The SMILES string of the molecule is Cc1ccc2oc3c(c(=O)c2c1)[C@@H](c1ccc(F)cc1)N(CCC[NH+]1CCOCC1)C3=O. The number of fused-ring (bicyclic) bond motifs is 2. The van der Waals surface area contributed by atoms with E-state index in [1.54, 1.807) is 29.2 Å². The molecule has 1 saturated heterocycles. The molecule has 166 valence electrons. The highest BCUT2D eigenvalue weighted by molar-refractivity contribution is 5.99. The molecule has 2 aromatic carbocycles. The van der Waals surface area contributed by atoms with Crippen LogP contribution in [0.1, 0.15) is 39.7 Å². The summed E-state index contributed by atoms with van der Waals surface area (Å²) in [6.45, 7) is 6.75. The Hall–Kier alpha value is -3.03. The zero-order chi connectivity index (χ0) is 22.2. The average molecular weight is 437 g/mol. The molecule has 0 bridgehead atoms. The number of hydrogen-bond donors (Lipinski definition) is 1. The molecule has 0 unspecified atom stereocenters. The number of halogens is 1. The number of nitrogens with zero attached hydrogens (tertiary/aromatic N) is 1. The first-order valence-corrected chi connectivity index (χ1v) is 11.1. The van der Waals surface area contributed by atoms with Gasteiger partial charge >= 0.3 is 0 Å². The third kappa shape index (κ3) is 3.72. The zero-order valence-electron chi connectivity index (χ0n) is 18.0. The standard InChI is InChI=1S/C25H25FN2O4/c1-16-3-8-20-19(15-16)23(29)21-22(17-4-6-18(26)7-5-17)28(25(30)24(21)32-20)10-2-9-27-11-13-31-14-12-27/h3-8,15,22H,2,9-14H2,1H3/p+1/t22-/m1/s1. The number of aryl methyl sites for hydroxylation is 1. The van der Waals surface area contributed by atoms with Crippen molar-refractivity contribution < 1.29 is 23.2 Å². The number of carbonyl (C=O) groups is 1. The fourth-order valence-electron chi connectivity index (χ4n) is 4.77. The molecule has 0 radical (unpaired) electrons.